The first-order chi connectivity index (χ1) is 9.41. The number of nitrogens with two attached hydrogens (primary N) is 1. The summed E-state index contributed by atoms with van der Waals surface area (Å²) in [5.41, 5.74) is 7.86. The van der Waals surface area contributed by atoms with Crippen LogP contribution >= 0.6 is 0 Å². The van der Waals surface area contributed by atoms with Crippen LogP contribution in [0.2, 0.25) is 0 Å². The number of hydrogen-bond acceptors (Lipinski definition) is 4. The van der Waals surface area contributed by atoms with Gasteiger partial charge in [-0.1, -0.05) is 6.92 Å². The molecule has 1 fully saturated rings. The number of nitrogens with one attached hydrogen (secondary N) is 1. The van der Waals surface area contributed by atoms with Gasteiger partial charge in [0.25, 0.3) is 5.91 Å². The molecule has 1 aliphatic carbocycles. The first-order valence-corrected chi connectivity index (χ1v) is 7.18. The fourth-order valence-corrected chi connectivity index (χ4v) is 2.82. The minimum Gasteiger partial charge on any atom is -0.395 e. The average molecular weight is 279 g/mol. The van der Waals surface area contributed by atoms with Crippen molar-refractivity contribution >= 4 is 11.6 Å². The summed E-state index contributed by atoms with van der Waals surface area (Å²) < 4.78 is 1.58. The van der Waals surface area contributed by atoms with Gasteiger partial charge in [-0.15, -0.1) is 0 Å². The van der Waals surface area contributed by atoms with Gasteiger partial charge in [0.2, 0.25) is 0 Å². The molecule has 6 heteroatoms. The Morgan fingerprint density at radius 1 is 1.50 bits per heavy atom. The molecule has 1 heterocycles. The van der Waals surface area contributed by atoms with Gasteiger partial charge in [-0.2, -0.15) is 5.10 Å². The van der Waals surface area contributed by atoms with Crippen LogP contribution in [0.1, 0.15) is 42.4 Å². The van der Waals surface area contributed by atoms with E-state index in [1.54, 1.807) is 11.7 Å². The molecule has 0 bridgehead atoms. The van der Waals surface area contributed by atoms with Crippen molar-refractivity contribution in [2.75, 3.05) is 26.4 Å². The summed E-state index contributed by atoms with van der Waals surface area (Å²) in [5, 5.41) is 7.30. The Balaban J connectivity index is 2.07. The molecule has 112 valence electrons. The lowest BCUT2D eigenvalue weighted by molar-refractivity contribution is 0.0555. The molecule has 1 aliphatic rings. The molecule has 1 amide bonds. The molecule has 0 radical (unpaired) electrons. The smallest absolute Gasteiger partial charge is 0.271 e. The third kappa shape index (κ3) is 2.40. The number of nitrogens with zero attached hydrogens (tertiary/aromatic N) is 3. The zero-order valence-electron chi connectivity index (χ0n) is 12.9. The van der Waals surface area contributed by atoms with E-state index in [1.165, 1.54) is 6.42 Å². The maximum absolute atomic E-state index is 12.4. The van der Waals surface area contributed by atoms with Gasteiger partial charge in [-0.05, 0) is 39.8 Å². The fourth-order valence-electron chi connectivity index (χ4n) is 2.82. The number of carbonyl (C=O) groups excluding carboxylic acids is 1. The van der Waals surface area contributed by atoms with Crippen LogP contribution in [0.5, 0.6) is 0 Å². The Labute approximate surface area is 120 Å². The summed E-state index contributed by atoms with van der Waals surface area (Å²) in [6.07, 6.45) is 4.21. The fraction of sp³-hybridized carbons (Fsp3) is 0.714. The standard InChI is InChI=1S/C14H25N5O/c1-5-10-11(15)12(19(4)17-10)13(20)16-9-14(18(2)3)7-6-8-14/h5-9,15H2,1-4H3,(H,16,20). The van der Waals surface area contributed by atoms with Crippen LogP contribution in [0.25, 0.3) is 0 Å². The minimum absolute atomic E-state index is 0.108. The number of aromatic nitrogens is 2. The van der Waals surface area contributed by atoms with E-state index in [1.807, 2.05) is 6.92 Å². The third-order valence-corrected chi connectivity index (χ3v) is 4.52. The van der Waals surface area contributed by atoms with Gasteiger partial charge in [0, 0.05) is 19.1 Å². The molecular weight excluding hydrogens is 254 g/mol. The van der Waals surface area contributed by atoms with Crippen LogP contribution in [-0.4, -0.2) is 46.8 Å². The topological polar surface area (TPSA) is 76.2 Å². The van der Waals surface area contributed by atoms with Crippen molar-refractivity contribution in [2.45, 2.75) is 38.1 Å². The van der Waals surface area contributed by atoms with Crippen molar-refractivity contribution in [1.29, 1.82) is 0 Å². The zero-order valence-corrected chi connectivity index (χ0v) is 12.9. The monoisotopic (exact) mass is 279 g/mol. The predicted octanol–water partition coefficient (Wildman–Crippen LogP) is 0.779. The number of hydrogen-bond donors (Lipinski definition) is 2. The molecule has 1 aromatic heterocycles. The molecule has 1 aromatic rings. The van der Waals surface area contributed by atoms with Crippen LogP contribution in [0.15, 0.2) is 0 Å². The van der Waals surface area contributed by atoms with Crippen molar-refractivity contribution in [2.24, 2.45) is 7.05 Å². The van der Waals surface area contributed by atoms with Gasteiger partial charge in [0.15, 0.2) is 0 Å². The first kappa shape index (κ1) is 14.8. The van der Waals surface area contributed by atoms with E-state index in [-0.39, 0.29) is 11.4 Å². The third-order valence-electron chi connectivity index (χ3n) is 4.52. The molecule has 0 unspecified atom stereocenters. The lowest BCUT2D eigenvalue weighted by Crippen LogP contribution is -2.57. The number of nitrogen functional groups attached to an aromatic ring is 1. The van der Waals surface area contributed by atoms with Crippen LogP contribution in [0, 0.1) is 0 Å². The molecule has 1 saturated carbocycles. The minimum atomic E-state index is -0.134. The number of rotatable bonds is 5. The molecule has 6 nitrogen and oxygen atoms in total. The second-order valence-corrected chi connectivity index (χ2v) is 5.84. The zero-order chi connectivity index (χ0) is 14.9. The van der Waals surface area contributed by atoms with Gasteiger partial charge < -0.3 is 16.0 Å². The van der Waals surface area contributed by atoms with Crippen LogP contribution in [-0.2, 0) is 13.5 Å². The van der Waals surface area contributed by atoms with Crippen molar-refractivity contribution < 1.29 is 4.79 Å². The Morgan fingerprint density at radius 2 is 2.15 bits per heavy atom. The highest BCUT2D eigenvalue weighted by molar-refractivity contribution is 5.98. The van der Waals surface area contributed by atoms with E-state index in [0.29, 0.717) is 17.9 Å². The van der Waals surface area contributed by atoms with Crippen molar-refractivity contribution in [1.82, 2.24) is 20.0 Å². The molecule has 0 aliphatic heterocycles. The molecular formula is C14H25N5O. The van der Waals surface area contributed by atoms with Crippen LogP contribution in [0.4, 0.5) is 5.69 Å². The van der Waals surface area contributed by atoms with Gasteiger partial charge in [0.05, 0.1) is 11.4 Å². The Kier molecular flexibility index (Phi) is 4.04. The van der Waals surface area contributed by atoms with Crippen LogP contribution in [0.3, 0.4) is 0 Å². The SMILES string of the molecule is CCc1nn(C)c(C(=O)NCC2(N(C)C)CCC2)c1N. The van der Waals surface area contributed by atoms with Gasteiger partial charge in [0.1, 0.15) is 5.69 Å². The Hall–Kier alpha value is -1.56. The summed E-state index contributed by atoms with van der Waals surface area (Å²) in [6, 6.07) is 0. The summed E-state index contributed by atoms with van der Waals surface area (Å²) in [5.74, 6) is -0.134. The lowest BCUT2D eigenvalue weighted by Gasteiger charge is -2.47. The largest absolute Gasteiger partial charge is 0.395 e. The quantitative estimate of drug-likeness (QED) is 0.835. The molecule has 20 heavy (non-hydrogen) atoms. The highest BCUT2D eigenvalue weighted by atomic mass is 16.2. The Bertz CT molecular complexity index is 502. The van der Waals surface area contributed by atoms with Gasteiger partial charge >= 0.3 is 0 Å². The van der Waals surface area contributed by atoms with Crippen molar-refractivity contribution in [3.8, 4) is 0 Å². The summed E-state index contributed by atoms with van der Waals surface area (Å²) in [4.78, 5) is 14.6. The van der Waals surface area contributed by atoms with E-state index in [2.05, 4.69) is 29.4 Å². The lowest BCUT2D eigenvalue weighted by atomic mass is 9.75. The summed E-state index contributed by atoms with van der Waals surface area (Å²) in [6.45, 7) is 2.64. The first-order valence-electron chi connectivity index (χ1n) is 7.18. The van der Waals surface area contributed by atoms with Gasteiger partial charge in [-0.3, -0.25) is 9.48 Å². The van der Waals surface area contributed by atoms with E-state index in [9.17, 15) is 4.79 Å². The van der Waals surface area contributed by atoms with Gasteiger partial charge in [-0.25, -0.2) is 0 Å². The van der Waals surface area contributed by atoms with Crippen molar-refractivity contribution in [3.63, 3.8) is 0 Å². The maximum Gasteiger partial charge on any atom is 0.271 e. The Morgan fingerprint density at radius 3 is 2.55 bits per heavy atom. The summed E-state index contributed by atoms with van der Waals surface area (Å²) >= 11 is 0. The van der Waals surface area contributed by atoms with E-state index < -0.39 is 0 Å². The van der Waals surface area contributed by atoms with E-state index >= 15 is 0 Å². The molecule has 0 atom stereocenters. The van der Waals surface area contributed by atoms with E-state index in [0.717, 1.165) is 25.0 Å². The number of amides is 1. The van der Waals surface area contributed by atoms with Crippen LogP contribution < -0.4 is 11.1 Å². The summed E-state index contributed by atoms with van der Waals surface area (Å²) in [7, 11) is 5.90. The maximum atomic E-state index is 12.4. The number of carbonyl (C=O) groups is 1. The van der Waals surface area contributed by atoms with Crippen molar-refractivity contribution in [3.05, 3.63) is 11.4 Å². The molecule has 2 rings (SSSR count). The molecule has 0 aromatic carbocycles. The molecule has 0 saturated heterocycles. The second kappa shape index (κ2) is 5.44. The molecule has 3 N–H and O–H groups in total. The number of likely N-dealkylation sites (N-methyl/N-ethyl adjacent to an activating group) is 1. The normalized spacial score (nSPS) is 17.1. The average Bonchev–Trinajstić information content (AvgIpc) is 2.62. The highest BCUT2D eigenvalue weighted by Crippen LogP contribution is 2.35. The highest BCUT2D eigenvalue weighted by Gasteiger charge is 2.39. The predicted molar refractivity (Wildman–Crippen MR) is 79.6 cm³/mol. The number of aryl methyl sites for hydroxylation is 2. The second-order valence-electron chi connectivity index (χ2n) is 5.84. The van der Waals surface area contributed by atoms with E-state index in [4.69, 9.17) is 5.73 Å². The number of anilines is 1. The molecule has 0 spiro atoms.